The molecule has 0 saturated heterocycles. The molecular formula is C12H14ClF3O2. The van der Waals surface area contributed by atoms with E-state index in [9.17, 15) is 23.1 Å². The first-order chi connectivity index (χ1) is 8.29. The van der Waals surface area contributed by atoms with E-state index in [0.29, 0.717) is 6.29 Å². The average Bonchev–Trinajstić information content (AvgIpc) is 2.31. The first-order valence-corrected chi connectivity index (χ1v) is 5.68. The van der Waals surface area contributed by atoms with Crippen LogP contribution in [0.2, 0.25) is 5.02 Å². The Labute approximate surface area is 108 Å². The standard InChI is InChI=1S/C10H8ClF3O2.C2H6/c1-5-8(11)4-7(10(12,13)14)6(2-3-15)9(5)16;1-2/h3-4,16H,2H2,1H3;1-2H3. The van der Waals surface area contributed by atoms with Crippen LogP contribution in [0.5, 0.6) is 5.75 Å². The molecule has 0 aliphatic rings. The third-order valence-electron chi connectivity index (χ3n) is 2.19. The van der Waals surface area contributed by atoms with Crippen LogP contribution in [0.25, 0.3) is 0 Å². The predicted octanol–water partition coefficient (Wildman–Crippen LogP) is 4.14. The van der Waals surface area contributed by atoms with E-state index >= 15 is 0 Å². The number of halogens is 4. The van der Waals surface area contributed by atoms with Gasteiger partial charge in [0.05, 0.1) is 5.56 Å². The highest BCUT2D eigenvalue weighted by atomic mass is 35.5. The molecule has 0 heterocycles. The van der Waals surface area contributed by atoms with Gasteiger partial charge < -0.3 is 9.90 Å². The van der Waals surface area contributed by atoms with Crippen molar-refractivity contribution in [2.45, 2.75) is 33.4 Å². The molecule has 0 aromatic heterocycles. The van der Waals surface area contributed by atoms with E-state index in [1.54, 1.807) is 0 Å². The van der Waals surface area contributed by atoms with Crippen molar-refractivity contribution < 1.29 is 23.1 Å². The van der Waals surface area contributed by atoms with Gasteiger partial charge in [-0.3, -0.25) is 0 Å². The summed E-state index contributed by atoms with van der Waals surface area (Å²) in [6.45, 7) is 5.38. The molecule has 0 amide bonds. The largest absolute Gasteiger partial charge is 0.507 e. The normalized spacial score (nSPS) is 10.6. The van der Waals surface area contributed by atoms with E-state index in [1.807, 2.05) is 13.8 Å². The molecule has 1 aromatic carbocycles. The monoisotopic (exact) mass is 282 g/mol. The molecule has 0 radical (unpaired) electrons. The lowest BCUT2D eigenvalue weighted by atomic mass is 10.00. The van der Waals surface area contributed by atoms with Crippen molar-refractivity contribution in [1.82, 2.24) is 0 Å². The van der Waals surface area contributed by atoms with E-state index in [4.69, 9.17) is 11.6 Å². The van der Waals surface area contributed by atoms with Crippen LogP contribution in [0.1, 0.15) is 30.5 Å². The number of aldehydes is 1. The number of benzene rings is 1. The van der Waals surface area contributed by atoms with E-state index in [2.05, 4.69) is 0 Å². The molecule has 0 aliphatic heterocycles. The minimum atomic E-state index is -4.65. The van der Waals surface area contributed by atoms with Gasteiger partial charge in [-0.2, -0.15) is 13.2 Å². The Kier molecular flexibility index (Phi) is 6.18. The van der Waals surface area contributed by atoms with Crippen molar-refractivity contribution >= 4 is 17.9 Å². The van der Waals surface area contributed by atoms with Gasteiger partial charge in [-0.1, -0.05) is 25.4 Å². The molecule has 102 valence electrons. The Balaban J connectivity index is 0.00000137. The Morgan fingerprint density at radius 2 is 1.89 bits per heavy atom. The number of rotatable bonds is 2. The molecule has 1 N–H and O–H groups in total. The molecule has 0 atom stereocenters. The fourth-order valence-corrected chi connectivity index (χ4v) is 1.53. The lowest BCUT2D eigenvalue weighted by molar-refractivity contribution is -0.138. The number of phenols is 1. The number of aromatic hydroxyl groups is 1. The summed E-state index contributed by atoms with van der Waals surface area (Å²) in [6, 6.07) is 0.718. The smallest absolute Gasteiger partial charge is 0.416 e. The van der Waals surface area contributed by atoms with Gasteiger partial charge in [-0.25, -0.2) is 0 Å². The van der Waals surface area contributed by atoms with Crippen LogP contribution in [-0.2, 0) is 17.4 Å². The zero-order chi connectivity index (χ0) is 14.5. The summed E-state index contributed by atoms with van der Waals surface area (Å²) in [5.41, 5.74) is -1.39. The van der Waals surface area contributed by atoms with E-state index in [1.165, 1.54) is 6.92 Å². The Hall–Kier alpha value is -1.23. The van der Waals surface area contributed by atoms with Gasteiger partial charge >= 0.3 is 6.18 Å². The second-order valence-corrected chi connectivity index (χ2v) is 3.63. The van der Waals surface area contributed by atoms with Crippen molar-refractivity contribution in [3.05, 3.63) is 27.8 Å². The highest BCUT2D eigenvalue weighted by Crippen LogP contribution is 2.40. The van der Waals surface area contributed by atoms with Crippen molar-refractivity contribution in [2.24, 2.45) is 0 Å². The summed E-state index contributed by atoms with van der Waals surface area (Å²) >= 11 is 5.55. The summed E-state index contributed by atoms with van der Waals surface area (Å²) in [4.78, 5) is 10.3. The van der Waals surface area contributed by atoms with Crippen molar-refractivity contribution in [2.75, 3.05) is 0 Å². The van der Waals surface area contributed by atoms with E-state index in [-0.39, 0.29) is 10.6 Å². The van der Waals surface area contributed by atoms with Gasteiger partial charge in [0.15, 0.2) is 0 Å². The highest BCUT2D eigenvalue weighted by molar-refractivity contribution is 6.31. The van der Waals surface area contributed by atoms with Crippen molar-refractivity contribution in [3.8, 4) is 5.75 Å². The van der Waals surface area contributed by atoms with Gasteiger partial charge in [0.25, 0.3) is 0 Å². The summed E-state index contributed by atoms with van der Waals surface area (Å²) in [5, 5.41) is 9.33. The SMILES string of the molecule is CC.Cc1c(Cl)cc(C(F)(F)F)c(CC=O)c1O. The molecular weight excluding hydrogens is 269 g/mol. The fraction of sp³-hybridized carbons (Fsp3) is 0.417. The zero-order valence-corrected chi connectivity index (χ0v) is 11.0. The molecule has 2 nitrogen and oxygen atoms in total. The third kappa shape index (κ3) is 3.63. The number of hydrogen-bond donors (Lipinski definition) is 1. The van der Waals surface area contributed by atoms with Gasteiger partial charge in [-0.05, 0) is 13.0 Å². The van der Waals surface area contributed by atoms with Crippen LogP contribution >= 0.6 is 11.6 Å². The highest BCUT2D eigenvalue weighted by Gasteiger charge is 2.35. The van der Waals surface area contributed by atoms with Crippen LogP contribution < -0.4 is 0 Å². The second-order valence-electron chi connectivity index (χ2n) is 3.23. The van der Waals surface area contributed by atoms with E-state index < -0.39 is 29.5 Å². The minimum absolute atomic E-state index is 0.131. The molecule has 1 aromatic rings. The van der Waals surface area contributed by atoms with Crippen LogP contribution in [0.3, 0.4) is 0 Å². The quantitative estimate of drug-likeness (QED) is 0.828. The maximum atomic E-state index is 12.6. The van der Waals surface area contributed by atoms with E-state index in [0.717, 1.165) is 6.07 Å². The summed E-state index contributed by atoms with van der Waals surface area (Å²) < 4.78 is 37.7. The molecule has 0 bridgehead atoms. The maximum Gasteiger partial charge on any atom is 0.416 e. The number of carbonyl (C=O) groups is 1. The number of hydrogen-bond acceptors (Lipinski definition) is 2. The topological polar surface area (TPSA) is 37.3 Å². The van der Waals surface area contributed by atoms with Gasteiger partial charge in [0.1, 0.15) is 12.0 Å². The number of phenolic OH excluding ortho intramolecular Hbond substituents is 1. The molecule has 0 fully saturated rings. The van der Waals surface area contributed by atoms with Gasteiger partial charge in [0.2, 0.25) is 0 Å². The fourth-order valence-electron chi connectivity index (χ4n) is 1.33. The first-order valence-electron chi connectivity index (χ1n) is 5.30. The lowest BCUT2D eigenvalue weighted by Crippen LogP contribution is -2.10. The van der Waals surface area contributed by atoms with Crippen LogP contribution in [0.4, 0.5) is 13.2 Å². The lowest BCUT2D eigenvalue weighted by Gasteiger charge is -2.15. The third-order valence-corrected chi connectivity index (χ3v) is 2.58. The molecule has 1 rings (SSSR count). The predicted molar refractivity (Wildman–Crippen MR) is 64.0 cm³/mol. The van der Waals surface area contributed by atoms with Crippen LogP contribution in [0, 0.1) is 6.92 Å². The van der Waals surface area contributed by atoms with Gasteiger partial charge in [-0.15, -0.1) is 0 Å². The van der Waals surface area contributed by atoms with Crippen molar-refractivity contribution in [1.29, 1.82) is 0 Å². The van der Waals surface area contributed by atoms with Gasteiger partial charge in [0, 0.05) is 22.6 Å². The molecule has 0 unspecified atom stereocenters. The number of carbonyl (C=O) groups excluding carboxylic acids is 1. The van der Waals surface area contributed by atoms with Crippen LogP contribution in [-0.4, -0.2) is 11.4 Å². The average molecular weight is 283 g/mol. The second kappa shape index (κ2) is 6.64. The Morgan fingerprint density at radius 3 is 2.28 bits per heavy atom. The van der Waals surface area contributed by atoms with Crippen LogP contribution in [0.15, 0.2) is 6.07 Å². The zero-order valence-electron chi connectivity index (χ0n) is 10.2. The summed E-state index contributed by atoms with van der Waals surface area (Å²) in [6.07, 6.45) is -4.84. The number of alkyl halides is 3. The molecule has 0 saturated carbocycles. The molecule has 6 heteroatoms. The molecule has 0 aliphatic carbocycles. The summed E-state index contributed by atoms with van der Waals surface area (Å²) in [5.74, 6) is -0.577. The summed E-state index contributed by atoms with van der Waals surface area (Å²) in [7, 11) is 0. The van der Waals surface area contributed by atoms with Crippen molar-refractivity contribution in [3.63, 3.8) is 0 Å². The Morgan fingerprint density at radius 1 is 1.39 bits per heavy atom. The molecule has 18 heavy (non-hydrogen) atoms. The maximum absolute atomic E-state index is 12.6. The first kappa shape index (κ1) is 16.8. The Bertz CT molecular complexity index is 428. The minimum Gasteiger partial charge on any atom is -0.507 e. The molecule has 0 spiro atoms.